The van der Waals surface area contributed by atoms with Crippen molar-refractivity contribution in [3.63, 3.8) is 0 Å². The smallest absolute Gasteiger partial charge is 0.411 e. The molecule has 0 bridgehead atoms. The average Bonchev–Trinajstić information content (AvgIpc) is 3.32. The number of carbonyl (C=O) groups excluding carboxylic acids is 1. The summed E-state index contributed by atoms with van der Waals surface area (Å²) in [5.41, 5.74) is 0.468. The lowest BCUT2D eigenvalue weighted by molar-refractivity contribution is 0.00659. The Bertz CT molecular complexity index is 1060. The number of nitrogens with one attached hydrogen (secondary N) is 2. The zero-order valence-corrected chi connectivity index (χ0v) is 22.1. The highest BCUT2D eigenvalue weighted by Crippen LogP contribution is 2.50. The molecule has 1 amide bonds. The first-order chi connectivity index (χ1) is 15.2. The predicted octanol–water partition coefficient (Wildman–Crippen LogP) is 5.51. The fourth-order valence-corrected chi connectivity index (χ4v) is 6.37. The van der Waals surface area contributed by atoms with Crippen LogP contribution in [0.1, 0.15) is 53.5 Å². The average molecular weight is 476 g/mol. The van der Waals surface area contributed by atoms with Crippen LogP contribution in [-0.2, 0) is 14.7 Å². The number of aromatic nitrogens is 1. The van der Waals surface area contributed by atoms with Crippen molar-refractivity contribution >= 4 is 25.3 Å². The molecule has 8 heteroatoms. The van der Waals surface area contributed by atoms with Gasteiger partial charge in [-0.3, -0.25) is 4.90 Å². The van der Waals surface area contributed by atoms with Crippen LogP contribution < -0.4 is 5.32 Å². The maximum Gasteiger partial charge on any atom is 0.411 e. The standard InChI is InChI=1S/C25H38FN3O3Si/c1-23(2,3)31-22(30)29-15-20(32-33(7,8)24(4,5)6)21-25(29,11-12-27-21)18-14-28-19-13-16(26)9-10-17(18)19/h9-10,13-14,20-21,27-28H,11-12,15H2,1-8H3. The van der Waals surface area contributed by atoms with Crippen LogP contribution in [0, 0.1) is 5.82 Å². The van der Waals surface area contributed by atoms with Gasteiger partial charge in [0.05, 0.1) is 24.2 Å². The topological polar surface area (TPSA) is 66.6 Å². The second-order valence-electron chi connectivity index (χ2n) is 12.0. The third kappa shape index (κ3) is 4.10. The number of aromatic amines is 1. The molecular formula is C25H38FN3O3Si. The van der Waals surface area contributed by atoms with Crippen molar-refractivity contribution in [2.24, 2.45) is 0 Å². The van der Waals surface area contributed by atoms with E-state index in [-0.39, 0.29) is 29.1 Å². The van der Waals surface area contributed by atoms with Gasteiger partial charge >= 0.3 is 6.09 Å². The fraction of sp³-hybridized carbons (Fsp3) is 0.640. The van der Waals surface area contributed by atoms with Gasteiger partial charge in [-0.1, -0.05) is 20.8 Å². The van der Waals surface area contributed by atoms with Crippen LogP contribution in [0.2, 0.25) is 18.1 Å². The Morgan fingerprint density at radius 2 is 1.91 bits per heavy atom. The molecule has 0 saturated carbocycles. The summed E-state index contributed by atoms with van der Waals surface area (Å²) >= 11 is 0. The lowest BCUT2D eigenvalue weighted by Crippen LogP contribution is -2.52. The van der Waals surface area contributed by atoms with Crippen molar-refractivity contribution in [2.45, 2.75) is 89.4 Å². The number of nitrogens with zero attached hydrogens (tertiary/aromatic N) is 1. The lowest BCUT2D eigenvalue weighted by atomic mass is 9.83. The number of fused-ring (bicyclic) bond motifs is 2. The van der Waals surface area contributed by atoms with Crippen LogP contribution in [0.25, 0.3) is 10.9 Å². The second kappa shape index (κ2) is 7.82. The van der Waals surface area contributed by atoms with Crippen LogP contribution in [-0.4, -0.2) is 55.1 Å². The number of halogens is 1. The summed E-state index contributed by atoms with van der Waals surface area (Å²) in [4.78, 5) is 18.7. The second-order valence-corrected chi connectivity index (χ2v) is 16.8. The molecule has 4 rings (SSSR count). The molecule has 33 heavy (non-hydrogen) atoms. The van der Waals surface area contributed by atoms with Crippen LogP contribution in [0.3, 0.4) is 0 Å². The fourth-order valence-electron chi connectivity index (χ4n) is 5.05. The van der Waals surface area contributed by atoms with Gasteiger partial charge < -0.3 is 19.5 Å². The molecule has 0 radical (unpaired) electrons. The molecule has 3 atom stereocenters. The van der Waals surface area contributed by atoms with Gasteiger partial charge in [-0.2, -0.15) is 0 Å². The molecule has 2 aromatic rings. The number of rotatable bonds is 3. The Morgan fingerprint density at radius 1 is 1.21 bits per heavy atom. The quantitative estimate of drug-likeness (QED) is 0.575. The molecule has 2 aliphatic rings. The summed E-state index contributed by atoms with van der Waals surface area (Å²) in [6, 6.07) is 4.70. The predicted molar refractivity (Wildman–Crippen MR) is 131 cm³/mol. The highest BCUT2D eigenvalue weighted by molar-refractivity contribution is 6.74. The van der Waals surface area contributed by atoms with Gasteiger partial charge in [0.1, 0.15) is 11.4 Å². The normalized spacial score (nSPS) is 26.2. The van der Waals surface area contributed by atoms with E-state index >= 15 is 0 Å². The van der Waals surface area contributed by atoms with Crippen molar-refractivity contribution in [1.29, 1.82) is 0 Å². The number of hydrogen-bond acceptors (Lipinski definition) is 4. The van der Waals surface area contributed by atoms with Crippen LogP contribution in [0.4, 0.5) is 9.18 Å². The van der Waals surface area contributed by atoms with Crippen LogP contribution in [0.5, 0.6) is 0 Å². The summed E-state index contributed by atoms with van der Waals surface area (Å²) < 4.78 is 26.7. The summed E-state index contributed by atoms with van der Waals surface area (Å²) in [6.45, 7) is 18.0. The summed E-state index contributed by atoms with van der Waals surface area (Å²) in [6.07, 6.45) is 2.16. The largest absolute Gasteiger partial charge is 0.444 e. The lowest BCUT2D eigenvalue weighted by Gasteiger charge is -2.40. The number of ether oxygens (including phenoxy) is 1. The van der Waals surface area contributed by atoms with Crippen LogP contribution >= 0.6 is 0 Å². The molecule has 182 valence electrons. The Kier molecular flexibility index (Phi) is 5.74. The number of H-pyrrole nitrogens is 1. The first-order valence-corrected chi connectivity index (χ1v) is 14.8. The first-order valence-electron chi connectivity index (χ1n) is 11.8. The minimum absolute atomic E-state index is 0.0475. The van der Waals surface area contributed by atoms with E-state index in [1.807, 2.05) is 31.9 Å². The number of likely N-dealkylation sites (tertiary alicyclic amines) is 1. The molecule has 6 nitrogen and oxygen atoms in total. The number of benzene rings is 1. The molecular weight excluding hydrogens is 437 g/mol. The van der Waals surface area contributed by atoms with Gasteiger partial charge in [0, 0.05) is 22.7 Å². The van der Waals surface area contributed by atoms with E-state index in [1.54, 1.807) is 6.07 Å². The molecule has 1 aromatic heterocycles. The highest BCUT2D eigenvalue weighted by Gasteiger charge is 2.62. The summed E-state index contributed by atoms with van der Waals surface area (Å²) in [7, 11) is -2.10. The van der Waals surface area contributed by atoms with E-state index in [0.717, 1.165) is 29.4 Å². The minimum Gasteiger partial charge on any atom is -0.444 e. The zero-order chi connectivity index (χ0) is 24.4. The Hall–Kier alpha value is -1.90. The van der Waals surface area contributed by atoms with Gasteiger partial charge in [-0.05, 0) is 70.1 Å². The monoisotopic (exact) mass is 475 g/mol. The summed E-state index contributed by atoms with van der Waals surface area (Å²) in [5.74, 6) is -0.288. The van der Waals surface area contributed by atoms with E-state index in [1.165, 1.54) is 12.1 Å². The van der Waals surface area contributed by atoms with Crippen molar-refractivity contribution in [1.82, 2.24) is 15.2 Å². The first kappa shape index (κ1) is 24.2. The van der Waals surface area contributed by atoms with Gasteiger partial charge in [-0.15, -0.1) is 0 Å². The van der Waals surface area contributed by atoms with E-state index in [2.05, 4.69) is 44.2 Å². The van der Waals surface area contributed by atoms with Crippen molar-refractivity contribution in [2.75, 3.05) is 13.1 Å². The van der Waals surface area contributed by atoms with Crippen LogP contribution in [0.15, 0.2) is 24.4 Å². The van der Waals surface area contributed by atoms with Gasteiger partial charge in [-0.25, -0.2) is 9.18 Å². The Morgan fingerprint density at radius 3 is 2.55 bits per heavy atom. The van der Waals surface area contributed by atoms with E-state index in [9.17, 15) is 9.18 Å². The van der Waals surface area contributed by atoms with Gasteiger partial charge in [0.2, 0.25) is 0 Å². The van der Waals surface area contributed by atoms with Crippen molar-refractivity contribution < 1.29 is 18.3 Å². The van der Waals surface area contributed by atoms with E-state index in [4.69, 9.17) is 9.16 Å². The third-order valence-corrected chi connectivity index (χ3v) is 12.1. The molecule has 2 fully saturated rings. The van der Waals surface area contributed by atoms with Gasteiger partial charge in [0.15, 0.2) is 8.32 Å². The van der Waals surface area contributed by atoms with Gasteiger partial charge in [0.25, 0.3) is 0 Å². The molecule has 0 aliphatic carbocycles. The molecule has 1 aromatic carbocycles. The molecule has 2 N–H and O–H groups in total. The number of amides is 1. The highest BCUT2D eigenvalue weighted by atomic mass is 28.4. The van der Waals surface area contributed by atoms with E-state index in [0.29, 0.717) is 6.54 Å². The third-order valence-electron chi connectivity index (χ3n) is 7.58. The number of hydrogen-bond donors (Lipinski definition) is 2. The maximum absolute atomic E-state index is 13.9. The Balaban J connectivity index is 1.82. The number of carbonyl (C=O) groups is 1. The Labute approximate surface area is 197 Å². The molecule has 3 unspecified atom stereocenters. The molecule has 2 saturated heterocycles. The van der Waals surface area contributed by atoms with Crippen molar-refractivity contribution in [3.05, 3.63) is 35.8 Å². The zero-order valence-electron chi connectivity index (χ0n) is 21.1. The SMILES string of the molecule is CC(C)(C)OC(=O)N1CC(O[Si](C)(C)C(C)(C)C)C2NCCC21c1c[nH]c2cc(F)ccc12. The van der Waals surface area contributed by atoms with Crippen molar-refractivity contribution in [3.8, 4) is 0 Å². The molecule has 0 spiro atoms. The molecule has 3 heterocycles. The molecule has 2 aliphatic heterocycles. The minimum atomic E-state index is -2.10. The van der Waals surface area contributed by atoms with E-state index < -0.39 is 19.5 Å². The maximum atomic E-state index is 13.9. The summed E-state index contributed by atoms with van der Waals surface area (Å²) in [5, 5.41) is 4.63.